The summed E-state index contributed by atoms with van der Waals surface area (Å²) in [7, 11) is 0. The Morgan fingerprint density at radius 3 is 2.95 bits per heavy atom. The first-order valence-corrected chi connectivity index (χ1v) is 7.00. The van der Waals surface area contributed by atoms with E-state index in [9.17, 15) is 9.18 Å². The number of rotatable bonds is 4. The van der Waals surface area contributed by atoms with Crippen molar-refractivity contribution in [3.63, 3.8) is 0 Å². The third kappa shape index (κ3) is 4.03. The quantitative estimate of drug-likeness (QED) is 0.862. The van der Waals surface area contributed by atoms with Crippen LogP contribution in [-0.4, -0.2) is 21.9 Å². The van der Waals surface area contributed by atoms with E-state index in [1.807, 2.05) is 0 Å². The minimum absolute atomic E-state index is 0.0666. The number of carbonyl (C=O) groups excluding carboxylic acids is 1. The number of anilines is 1. The van der Waals surface area contributed by atoms with Crippen LogP contribution < -0.4 is 5.32 Å². The number of benzene rings is 1. The van der Waals surface area contributed by atoms with Gasteiger partial charge in [0, 0.05) is 11.4 Å². The Balaban J connectivity index is 1.90. The summed E-state index contributed by atoms with van der Waals surface area (Å²) in [6.07, 6.45) is 0. The van der Waals surface area contributed by atoms with Gasteiger partial charge in [-0.1, -0.05) is 27.7 Å². The van der Waals surface area contributed by atoms with Gasteiger partial charge in [-0.2, -0.15) is 0 Å². The van der Waals surface area contributed by atoms with Crippen LogP contribution in [0.15, 0.2) is 32.3 Å². The standard InChI is InChI=1S/C11H9BrFN3O2S/c1-6-15-16-11(18-6)19-5-10(17)14-9-3-2-7(12)4-8(9)13/h2-4H,5H2,1H3,(H,14,17). The van der Waals surface area contributed by atoms with E-state index in [2.05, 4.69) is 31.4 Å². The van der Waals surface area contributed by atoms with Crippen molar-refractivity contribution in [1.82, 2.24) is 10.2 Å². The molecule has 2 aromatic rings. The molecule has 0 aliphatic carbocycles. The van der Waals surface area contributed by atoms with Crippen molar-refractivity contribution in [2.75, 3.05) is 11.1 Å². The van der Waals surface area contributed by atoms with Gasteiger partial charge in [0.2, 0.25) is 11.8 Å². The van der Waals surface area contributed by atoms with E-state index in [4.69, 9.17) is 4.42 Å². The number of aryl methyl sites for hydroxylation is 1. The summed E-state index contributed by atoms with van der Waals surface area (Å²) in [6, 6.07) is 4.41. The first kappa shape index (κ1) is 14.0. The molecule has 0 bridgehead atoms. The molecule has 0 saturated heterocycles. The van der Waals surface area contributed by atoms with Crippen LogP contribution in [0.25, 0.3) is 0 Å². The average Bonchev–Trinajstić information content (AvgIpc) is 2.76. The molecule has 0 fully saturated rings. The fourth-order valence-electron chi connectivity index (χ4n) is 1.24. The van der Waals surface area contributed by atoms with E-state index in [1.165, 1.54) is 12.1 Å². The molecule has 0 aliphatic rings. The van der Waals surface area contributed by atoms with E-state index in [-0.39, 0.29) is 17.3 Å². The lowest BCUT2D eigenvalue weighted by molar-refractivity contribution is -0.113. The molecule has 1 aromatic heterocycles. The SMILES string of the molecule is Cc1nnc(SCC(=O)Nc2ccc(Br)cc2F)o1. The summed E-state index contributed by atoms with van der Waals surface area (Å²) in [5.74, 6) is -0.345. The molecule has 2 rings (SSSR count). The van der Waals surface area contributed by atoms with Gasteiger partial charge in [0.25, 0.3) is 5.22 Å². The Hall–Kier alpha value is -1.41. The molecule has 8 heteroatoms. The monoisotopic (exact) mass is 345 g/mol. The van der Waals surface area contributed by atoms with Crippen molar-refractivity contribution >= 4 is 39.3 Å². The van der Waals surface area contributed by atoms with E-state index in [1.54, 1.807) is 13.0 Å². The molecule has 5 nitrogen and oxygen atoms in total. The summed E-state index contributed by atoms with van der Waals surface area (Å²) >= 11 is 4.24. The van der Waals surface area contributed by atoms with Crippen molar-refractivity contribution in [1.29, 1.82) is 0 Å². The maximum atomic E-state index is 13.5. The molecular formula is C11H9BrFN3O2S. The highest BCUT2D eigenvalue weighted by atomic mass is 79.9. The predicted octanol–water partition coefficient (Wildman–Crippen LogP) is 3.01. The third-order valence-electron chi connectivity index (χ3n) is 2.04. The maximum Gasteiger partial charge on any atom is 0.277 e. The fraction of sp³-hybridized carbons (Fsp3) is 0.182. The van der Waals surface area contributed by atoms with Gasteiger partial charge in [-0.3, -0.25) is 4.79 Å². The molecule has 0 unspecified atom stereocenters. The van der Waals surface area contributed by atoms with Crippen LogP contribution in [-0.2, 0) is 4.79 Å². The Morgan fingerprint density at radius 1 is 1.53 bits per heavy atom. The summed E-state index contributed by atoms with van der Waals surface area (Å²) < 4.78 is 19.2. The first-order valence-electron chi connectivity index (χ1n) is 5.22. The zero-order valence-electron chi connectivity index (χ0n) is 9.81. The largest absolute Gasteiger partial charge is 0.416 e. The zero-order valence-corrected chi connectivity index (χ0v) is 12.2. The molecule has 0 radical (unpaired) electrons. The van der Waals surface area contributed by atoms with Crippen LogP contribution in [0.5, 0.6) is 0 Å². The number of nitrogens with one attached hydrogen (secondary N) is 1. The van der Waals surface area contributed by atoms with Crippen LogP contribution in [0.1, 0.15) is 5.89 Å². The van der Waals surface area contributed by atoms with Crippen LogP contribution in [0.2, 0.25) is 0 Å². The van der Waals surface area contributed by atoms with Gasteiger partial charge < -0.3 is 9.73 Å². The van der Waals surface area contributed by atoms with Gasteiger partial charge in [-0.15, -0.1) is 10.2 Å². The molecule has 1 amide bonds. The highest BCUT2D eigenvalue weighted by Gasteiger charge is 2.10. The van der Waals surface area contributed by atoms with Gasteiger partial charge in [0.05, 0.1) is 11.4 Å². The normalized spacial score (nSPS) is 10.5. The van der Waals surface area contributed by atoms with Crippen LogP contribution in [0.3, 0.4) is 0 Å². The number of nitrogens with zero attached hydrogens (tertiary/aromatic N) is 2. The van der Waals surface area contributed by atoms with Crippen molar-refractivity contribution in [3.05, 3.63) is 34.4 Å². The first-order chi connectivity index (χ1) is 9.04. The van der Waals surface area contributed by atoms with E-state index in [0.29, 0.717) is 15.6 Å². The second-order valence-electron chi connectivity index (χ2n) is 3.55. The Labute approximate surface area is 121 Å². The molecule has 19 heavy (non-hydrogen) atoms. The predicted molar refractivity (Wildman–Crippen MR) is 72.5 cm³/mol. The molecule has 0 aliphatic heterocycles. The van der Waals surface area contributed by atoms with Crippen molar-refractivity contribution in [2.24, 2.45) is 0 Å². The van der Waals surface area contributed by atoms with Gasteiger partial charge in [-0.25, -0.2) is 4.39 Å². The molecule has 100 valence electrons. The Kier molecular flexibility index (Phi) is 4.54. The number of aromatic nitrogens is 2. The molecule has 0 saturated carbocycles. The minimum Gasteiger partial charge on any atom is -0.416 e. The minimum atomic E-state index is -0.499. The topological polar surface area (TPSA) is 68.0 Å². The molecule has 1 aromatic carbocycles. The number of halogens is 2. The number of hydrogen-bond donors (Lipinski definition) is 1. The van der Waals surface area contributed by atoms with E-state index < -0.39 is 5.82 Å². The second kappa shape index (κ2) is 6.16. The van der Waals surface area contributed by atoms with Crippen molar-refractivity contribution in [3.8, 4) is 0 Å². The average molecular weight is 346 g/mol. The molecule has 1 heterocycles. The lowest BCUT2D eigenvalue weighted by atomic mass is 10.3. The number of thioether (sulfide) groups is 1. The molecule has 0 spiro atoms. The number of carbonyl (C=O) groups is 1. The highest BCUT2D eigenvalue weighted by molar-refractivity contribution is 9.10. The maximum absolute atomic E-state index is 13.5. The second-order valence-corrected chi connectivity index (χ2v) is 5.39. The smallest absolute Gasteiger partial charge is 0.277 e. The van der Waals surface area contributed by atoms with E-state index in [0.717, 1.165) is 11.8 Å². The number of hydrogen-bond acceptors (Lipinski definition) is 5. The molecule has 0 atom stereocenters. The third-order valence-corrected chi connectivity index (χ3v) is 3.35. The van der Waals surface area contributed by atoms with E-state index >= 15 is 0 Å². The number of amides is 1. The van der Waals surface area contributed by atoms with Gasteiger partial charge in [-0.05, 0) is 18.2 Å². The highest BCUT2D eigenvalue weighted by Crippen LogP contribution is 2.20. The zero-order chi connectivity index (χ0) is 13.8. The summed E-state index contributed by atoms with van der Waals surface area (Å²) in [5, 5.41) is 10.2. The summed E-state index contributed by atoms with van der Waals surface area (Å²) in [4.78, 5) is 11.6. The van der Waals surface area contributed by atoms with Crippen LogP contribution >= 0.6 is 27.7 Å². The summed E-state index contributed by atoms with van der Waals surface area (Å²) in [6.45, 7) is 1.66. The molecular weight excluding hydrogens is 337 g/mol. The lowest BCUT2D eigenvalue weighted by Gasteiger charge is -2.05. The van der Waals surface area contributed by atoms with Crippen LogP contribution in [0, 0.1) is 12.7 Å². The van der Waals surface area contributed by atoms with Gasteiger partial charge >= 0.3 is 0 Å². The van der Waals surface area contributed by atoms with Crippen molar-refractivity contribution in [2.45, 2.75) is 12.1 Å². The van der Waals surface area contributed by atoms with Crippen molar-refractivity contribution < 1.29 is 13.6 Å². The fourth-order valence-corrected chi connectivity index (χ4v) is 2.18. The lowest BCUT2D eigenvalue weighted by Crippen LogP contribution is -2.15. The van der Waals surface area contributed by atoms with Crippen LogP contribution in [0.4, 0.5) is 10.1 Å². The van der Waals surface area contributed by atoms with Gasteiger partial charge in [0.15, 0.2) is 0 Å². The summed E-state index contributed by atoms with van der Waals surface area (Å²) in [5.41, 5.74) is 0.135. The Bertz CT molecular complexity index is 605. The molecule has 1 N–H and O–H groups in total. The van der Waals surface area contributed by atoms with Gasteiger partial charge in [0.1, 0.15) is 5.82 Å². The Morgan fingerprint density at radius 2 is 2.32 bits per heavy atom.